The highest BCUT2D eigenvalue weighted by atomic mass is 79.9. The molecule has 104 valence electrons. The number of nitrogens with zero attached hydrogens (tertiary/aromatic N) is 2. The molecule has 0 aliphatic carbocycles. The van der Waals surface area contributed by atoms with Crippen LogP contribution in [0.5, 0.6) is 0 Å². The molecular weight excluding hydrogens is 332 g/mol. The van der Waals surface area contributed by atoms with Crippen LogP contribution in [0.25, 0.3) is 16.8 Å². The first kappa shape index (κ1) is 13.6. The molecule has 21 heavy (non-hydrogen) atoms. The van der Waals surface area contributed by atoms with E-state index in [-0.39, 0.29) is 5.69 Å². The normalized spacial score (nSPS) is 10.5. The van der Waals surface area contributed by atoms with Crippen LogP contribution in [0.1, 0.15) is 10.5 Å². The lowest BCUT2D eigenvalue weighted by Gasteiger charge is -2.07. The lowest BCUT2D eigenvalue weighted by molar-refractivity contribution is 0.0687. The second kappa shape index (κ2) is 5.54. The number of aromatic nitrogens is 2. The maximum atomic E-state index is 11.3. The zero-order chi connectivity index (χ0) is 14.8. The third kappa shape index (κ3) is 2.73. The van der Waals surface area contributed by atoms with E-state index >= 15 is 0 Å². The molecule has 0 bridgehead atoms. The van der Waals surface area contributed by atoms with Gasteiger partial charge in [0.15, 0.2) is 5.69 Å². The molecule has 0 aliphatic rings. The van der Waals surface area contributed by atoms with Crippen molar-refractivity contribution in [3.8, 4) is 16.8 Å². The molecule has 0 atom stereocenters. The fourth-order valence-corrected chi connectivity index (χ4v) is 2.52. The Morgan fingerprint density at radius 1 is 1.00 bits per heavy atom. The molecule has 3 rings (SSSR count). The lowest BCUT2D eigenvalue weighted by atomic mass is 10.1. The van der Waals surface area contributed by atoms with Crippen molar-refractivity contribution in [1.82, 2.24) is 9.78 Å². The Kier molecular flexibility index (Phi) is 3.58. The summed E-state index contributed by atoms with van der Waals surface area (Å²) in [5.41, 5.74) is 2.91. The summed E-state index contributed by atoms with van der Waals surface area (Å²) >= 11 is 3.22. The van der Waals surface area contributed by atoms with Crippen molar-refractivity contribution in [3.63, 3.8) is 0 Å². The van der Waals surface area contributed by atoms with Gasteiger partial charge < -0.3 is 5.11 Å². The van der Waals surface area contributed by atoms with Gasteiger partial charge in [0.05, 0.1) is 5.69 Å². The van der Waals surface area contributed by atoms with Gasteiger partial charge in [-0.15, -0.1) is 0 Å². The van der Waals surface area contributed by atoms with Gasteiger partial charge in [-0.2, -0.15) is 5.10 Å². The quantitative estimate of drug-likeness (QED) is 0.782. The summed E-state index contributed by atoms with van der Waals surface area (Å²) in [5, 5.41) is 13.4. The highest BCUT2D eigenvalue weighted by Crippen LogP contribution is 2.23. The van der Waals surface area contributed by atoms with Crippen molar-refractivity contribution >= 4 is 21.9 Å². The van der Waals surface area contributed by atoms with Crippen LogP contribution in [-0.2, 0) is 0 Å². The zero-order valence-electron chi connectivity index (χ0n) is 10.9. The summed E-state index contributed by atoms with van der Waals surface area (Å²) in [6.45, 7) is 0. The van der Waals surface area contributed by atoms with Crippen LogP contribution in [0.4, 0.5) is 0 Å². The standard InChI is InChI=1S/C16H11BrN2O2/c17-15-10-14(16(20)21)19(18-15)13-8-4-7-12(9-13)11-5-2-1-3-6-11/h1-10H,(H,20,21). The van der Waals surface area contributed by atoms with Gasteiger partial charge in [0.2, 0.25) is 0 Å². The Hall–Kier alpha value is -2.40. The number of carboxylic acid groups (broad SMARTS) is 1. The molecule has 4 nitrogen and oxygen atoms in total. The van der Waals surface area contributed by atoms with Crippen LogP contribution in [0.2, 0.25) is 0 Å². The molecule has 1 heterocycles. The highest BCUT2D eigenvalue weighted by Gasteiger charge is 2.14. The number of benzene rings is 2. The number of rotatable bonds is 3. The van der Waals surface area contributed by atoms with Crippen LogP contribution in [0, 0.1) is 0 Å². The average molecular weight is 343 g/mol. The number of halogens is 1. The second-order valence-electron chi connectivity index (χ2n) is 4.49. The van der Waals surface area contributed by atoms with Crippen LogP contribution >= 0.6 is 15.9 Å². The maximum absolute atomic E-state index is 11.3. The van der Waals surface area contributed by atoms with Gasteiger partial charge in [0.25, 0.3) is 0 Å². The molecule has 0 amide bonds. The summed E-state index contributed by atoms with van der Waals surface area (Å²) in [4.78, 5) is 11.3. The van der Waals surface area contributed by atoms with Crippen molar-refractivity contribution < 1.29 is 9.90 Å². The monoisotopic (exact) mass is 342 g/mol. The number of hydrogen-bond donors (Lipinski definition) is 1. The first-order chi connectivity index (χ1) is 10.1. The van der Waals surface area contributed by atoms with Crippen LogP contribution in [0.15, 0.2) is 65.3 Å². The van der Waals surface area contributed by atoms with E-state index in [1.54, 1.807) is 0 Å². The van der Waals surface area contributed by atoms with Gasteiger partial charge in [0, 0.05) is 6.07 Å². The Labute approximate surface area is 129 Å². The Morgan fingerprint density at radius 2 is 1.71 bits per heavy atom. The molecule has 5 heteroatoms. The van der Waals surface area contributed by atoms with E-state index < -0.39 is 5.97 Å². The number of aromatic carboxylic acids is 1. The molecule has 3 aromatic rings. The Morgan fingerprint density at radius 3 is 2.43 bits per heavy atom. The van der Waals surface area contributed by atoms with E-state index in [2.05, 4.69) is 21.0 Å². The minimum Gasteiger partial charge on any atom is -0.477 e. The summed E-state index contributed by atoms with van der Waals surface area (Å²) in [6.07, 6.45) is 0. The molecule has 1 aromatic heterocycles. The lowest BCUT2D eigenvalue weighted by Crippen LogP contribution is -2.07. The van der Waals surface area contributed by atoms with E-state index in [9.17, 15) is 9.90 Å². The SMILES string of the molecule is O=C(O)c1cc(Br)nn1-c1cccc(-c2ccccc2)c1. The molecule has 2 aromatic carbocycles. The summed E-state index contributed by atoms with van der Waals surface area (Å²) in [7, 11) is 0. The Bertz CT molecular complexity index is 797. The number of hydrogen-bond acceptors (Lipinski definition) is 2. The van der Waals surface area contributed by atoms with E-state index in [0.29, 0.717) is 10.3 Å². The van der Waals surface area contributed by atoms with Crippen LogP contribution in [0.3, 0.4) is 0 Å². The smallest absolute Gasteiger partial charge is 0.354 e. The third-order valence-corrected chi connectivity index (χ3v) is 3.48. The van der Waals surface area contributed by atoms with Crippen LogP contribution < -0.4 is 0 Å². The number of carboxylic acids is 1. The summed E-state index contributed by atoms with van der Waals surface area (Å²) in [6, 6.07) is 19.0. The van der Waals surface area contributed by atoms with E-state index in [4.69, 9.17) is 0 Å². The van der Waals surface area contributed by atoms with Gasteiger partial charge >= 0.3 is 5.97 Å². The molecule has 1 N–H and O–H groups in total. The molecule has 0 spiro atoms. The van der Waals surface area contributed by atoms with Crippen molar-refractivity contribution in [3.05, 3.63) is 71.0 Å². The highest BCUT2D eigenvalue weighted by molar-refractivity contribution is 9.10. The van der Waals surface area contributed by atoms with E-state index in [1.165, 1.54) is 10.7 Å². The first-order valence-corrected chi connectivity index (χ1v) is 7.09. The van der Waals surface area contributed by atoms with Gasteiger partial charge in [-0.25, -0.2) is 9.48 Å². The molecular formula is C16H11BrN2O2. The largest absolute Gasteiger partial charge is 0.477 e. The molecule has 0 unspecified atom stereocenters. The minimum atomic E-state index is -1.02. The summed E-state index contributed by atoms with van der Waals surface area (Å²) < 4.78 is 1.91. The van der Waals surface area contributed by atoms with Crippen molar-refractivity contribution in [1.29, 1.82) is 0 Å². The fourth-order valence-electron chi connectivity index (χ4n) is 2.15. The van der Waals surface area contributed by atoms with Gasteiger partial charge in [-0.1, -0.05) is 42.5 Å². The third-order valence-electron chi connectivity index (χ3n) is 3.10. The first-order valence-electron chi connectivity index (χ1n) is 6.30. The molecule has 0 fully saturated rings. The Balaban J connectivity index is 2.11. The topological polar surface area (TPSA) is 55.1 Å². The minimum absolute atomic E-state index is 0.118. The van der Waals surface area contributed by atoms with Gasteiger partial charge in [0.1, 0.15) is 4.60 Å². The molecule has 0 radical (unpaired) electrons. The van der Waals surface area contributed by atoms with Crippen molar-refractivity contribution in [2.45, 2.75) is 0 Å². The summed E-state index contributed by atoms with van der Waals surface area (Å²) in [5.74, 6) is -1.02. The van der Waals surface area contributed by atoms with Crippen molar-refractivity contribution in [2.24, 2.45) is 0 Å². The predicted molar refractivity (Wildman–Crippen MR) is 83.7 cm³/mol. The molecule has 0 saturated carbocycles. The molecule has 0 aliphatic heterocycles. The van der Waals surface area contributed by atoms with Gasteiger partial charge in [-0.05, 0) is 39.2 Å². The average Bonchev–Trinajstić information content (AvgIpc) is 2.91. The second-order valence-corrected chi connectivity index (χ2v) is 5.30. The zero-order valence-corrected chi connectivity index (χ0v) is 12.5. The number of carbonyl (C=O) groups is 1. The van der Waals surface area contributed by atoms with Crippen LogP contribution in [-0.4, -0.2) is 20.9 Å². The van der Waals surface area contributed by atoms with Gasteiger partial charge in [-0.3, -0.25) is 0 Å². The van der Waals surface area contributed by atoms with E-state index in [0.717, 1.165) is 11.1 Å². The fraction of sp³-hybridized carbons (Fsp3) is 0. The van der Waals surface area contributed by atoms with E-state index in [1.807, 2.05) is 54.6 Å². The van der Waals surface area contributed by atoms with Crippen molar-refractivity contribution in [2.75, 3.05) is 0 Å². The molecule has 0 saturated heterocycles. The predicted octanol–water partition coefficient (Wildman–Crippen LogP) is 4.00. The maximum Gasteiger partial charge on any atom is 0.354 e.